The lowest BCUT2D eigenvalue weighted by atomic mass is 10.1. The molecule has 23 heavy (non-hydrogen) atoms. The normalized spacial score (nSPS) is 20.0. The van der Waals surface area contributed by atoms with Gasteiger partial charge in [-0.25, -0.2) is 0 Å². The van der Waals surface area contributed by atoms with Gasteiger partial charge >= 0.3 is 0 Å². The van der Waals surface area contributed by atoms with Gasteiger partial charge in [-0.2, -0.15) is 0 Å². The molecule has 2 N–H and O–H groups in total. The van der Waals surface area contributed by atoms with Crippen LogP contribution in [-0.4, -0.2) is 23.9 Å². The van der Waals surface area contributed by atoms with E-state index in [1.807, 2.05) is 26.8 Å². The molecule has 1 aromatic carbocycles. The summed E-state index contributed by atoms with van der Waals surface area (Å²) in [5, 5.41) is 6.97. The summed E-state index contributed by atoms with van der Waals surface area (Å²) in [6, 6.07) is 5.32. The molecule has 0 bridgehead atoms. The minimum Gasteiger partial charge on any atom is -0.356 e. The molecule has 2 atom stereocenters. The zero-order chi connectivity index (χ0) is 17.2. The molecule has 0 radical (unpaired) electrons. The monoisotopic (exact) mass is 356 g/mol. The summed E-state index contributed by atoms with van der Waals surface area (Å²) in [6.07, 6.45) is 1.25. The highest BCUT2D eigenvalue weighted by atomic mass is 35.5. The van der Waals surface area contributed by atoms with Crippen LogP contribution in [0.15, 0.2) is 18.2 Å². The highest BCUT2D eigenvalue weighted by Gasteiger charge is 2.48. The standard InChI is InChI=1S/C17H22Cl2N2O2/c1-17(2,3)21-16(23)13-9-12(13)15(22)20-7-6-10-4-5-11(18)8-14(10)19/h4-5,8,12-13H,6-7,9H2,1-3H3,(H,20,22)(H,21,23). The number of nitrogens with one attached hydrogen (secondary N) is 2. The molecule has 1 fully saturated rings. The molecule has 126 valence electrons. The van der Waals surface area contributed by atoms with E-state index in [1.165, 1.54) is 0 Å². The second-order valence-electron chi connectivity index (χ2n) is 6.96. The summed E-state index contributed by atoms with van der Waals surface area (Å²) in [5.74, 6) is -0.520. The van der Waals surface area contributed by atoms with Gasteiger partial charge in [0.05, 0.1) is 11.8 Å². The lowest BCUT2D eigenvalue weighted by molar-refractivity contribution is -0.128. The molecule has 0 heterocycles. The van der Waals surface area contributed by atoms with Crippen LogP contribution in [0.5, 0.6) is 0 Å². The average Bonchev–Trinajstić information content (AvgIpc) is 3.19. The van der Waals surface area contributed by atoms with Crippen LogP contribution < -0.4 is 10.6 Å². The van der Waals surface area contributed by atoms with Crippen LogP contribution in [-0.2, 0) is 16.0 Å². The zero-order valence-electron chi connectivity index (χ0n) is 13.6. The molecule has 6 heteroatoms. The number of halogens is 2. The molecular formula is C17H22Cl2N2O2. The third kappa shape index (κ3) is 5.40. The van der Waals surface area contributed by atoms with Gasteiger partial charge in [0, 0.05) is 22.1 Å². The first-order valence-electron chi connectivity index (χ1n) is 7.71. The lowest BCUT2D eigenvalue weighted by Gasteiger charge is -2.20. The fourth-order valence-corrected chi connectivity index (χ4v) is 2.92. The predicted octanol–water partition coefficient (Wildman–Crippen LogP) is 3.20. The van der Waals surface area contributed by atoms with E-state index in [0.717, 1.165) is 5.56 Å². The summed E-state index contributed by atoms with van der Waals surface area (Å²) in [6.45, 7) is 6.28. The van der Waals surface area contributed by atoms with Gasteiger partial charge in [0.15, 0.2) is 0 Å². The van der Waals surface area contributed by atoms with Gasteiger partial charge in [0.2, 0.25) is 11.8 Å². The number of carbonyl (C=O) groups excluding carboxylic acids is 2. The molecular weight excluding hydrogens is 335 g/mol. The van der Waals surface area contributed by atoms with E-state index in [9.17, 15) is 9.59 Å². The van der Waals surface area contributed by atoms with E-state index in [1.54, 1.807) is 12.1 Å². The summed E-state index contributed by atoms with van der Waals surface area (Å²) in [7, 11) is 0. The molecule has 1 aromatic rings. The summed E-state index contributed by atoms with van der Waals surface area (Å²) in [5.41, 5.74) is 0.667. The highest BCUT2D eigenvalue weighted by Crippen LogP contribution is 2.39. The smallest absolute Gasteiger partial charge is 0.224 e. The largest absolute Gasteiger partial charge is 0.356 e. The number of hydrogen-bond donors (Lipinski definition) is 2. The topological polar surface area (TPSA) is 58.2 Å². The van der Waals surface area contributed by atoms with Crippen molar-refractivity contribution in [3.8, 4) is 0 Å². The van der Waals surface area contributed by atoms with Crippen molar-refractivity contribution >= 4 is 35.0 Å². The van der Waals surface area contributed by atoms with Crippen molar-refractivity contribution < 1.29 is 9.59 Å². The first-order chi connectivity index (χ1) is 10.7. The van der Waals surface area contributed by atoms with Crippen molar-refractivity contribution in [1.82, 2.24) is 10.6 Å². The minimum absolute atomic E-state index is 0.0432. The Morgan fingerprint density at radius 2 is 1.83 bits per heavy atom. The number of carbonyl (C=O) groups is 2. The van der Waals surface area contributed by atoms with Crippen molar-refractivity contribution in [1.29, 1.82) is 0 Å². The maximum Gasteiger partial charge on any atom is 0.224 e. The fourth-order valence-electron chi connectivity index (χ4n) is 2.41. The van der Waals surface area contributed by atoms with Crippen molar-refractivity contribution in [3.63, 3.8) is 0 Å². The average molecular weight is 357 g/mol. The molecule has 4 nitrogen and oxygen atoms in total. The molecule has 0 aromatic heterocycles. The van der Waals surface area contributed by atoms with E-state index in [4.69, 9.17) is 23.2 Å². The molecule has 0 spiro atoms. The summed E-state index contributed by atoms with van der Waals surface area (Å²) in [4.78, 5) is 24.1. The number of benzene rings is 1. The molecule has 1 aliphatic carbocycles. The Kier molecular flexibility index (Phi) is 5.58. The molecule has 0 saturated heterocycles. The number of rotatable bonds is 5. The van der Waals surface area contributed by atoms with Gasteiger partial charge in [-0.3, -0.25) is 9.59 Å². The summed E-state index contributed by atoms with van der Waals surface area (Å²) >= 11 is 11.9. The van der Waals surface area contributed by atoms with Gasteiger partial charge in [0.25, 0.3) is 0 Å². The maximum absolute atomic E-state index is 12.1. The molecule has 2 unspecified atom stereocenters. The van der Waals surface area contributed by atoms with Crippen LogP contribution >= 0.6 is 23.2 Å². The van der Waals surface area contributed by atoms with Crippen LogP contribution in [0.25, 0.3) is 0 Å². The zero-order valence-corrected chi connectivity index (χ0v) is 15.1. The van der Waals surface area contributed by atoms with Crippen molar-refractivity contribution in [3.05, 3.63) is 33.8 Å². The van der Waals surface area contributed by atoms with E-state index in [-0.39, 0.29) is 29.2 Å². The number of amides is 2. The predicted molar refractivity (Wildman–Crippen MR) is 92.7 cm³/mol. The quantitative estimate of drug-likeness (QED) is 0.850. The van der Waals surface area contributed by atoms with E-state index >= 15 is 0 Å². The Morgan fingerprint density at radius 1 is 1.17 bits per heavy atom. The van der Waals surface area contributed by atoms with E-state index < -0.39 is 0 Å². The molecule has 2 amide bonds. The van der Waals surface area contributed by atoms with Gasteiger partial charge < -0.3 is 10.6 Å². The van der Waals surface area contributed by atoms with Crippen LogP contribution in [0.4, 0.5) is 0 Å². The third-order valence-electron chi connectivity index (χ3n) is 3.67. The lowest BCUT2D eigenvalue weighted by Crippen LogP contribution is -2.42. The van der Waals surface area contributed by atoms with Crippen molar-refractivity contribution in [2.75, 3.05) is 6.54 Å². The SMILES string of the molecule is CC(C)(C)NC(=O)C1CC1C(=O)NCCc1ccc(Cl)cc1Cl. The summed E-state index contributed by atoms with van der Waals surface area (Å²) < 4.78 is 0. The Labute approximate surface area is 146 Å². The van der Waals surface area contributed by atoms with Gasteiger partial charge in [0.1, 0.15) is 0 Å². The fraction of sp³-hybridized carbons (Fsp3) is 0.529. The van der Waals surface area contributed by atoms with Crippen LogP contribution in [0.3, 0.4) is 0 Å². The maximum atomic E-state index is 12.1. The Balaban J connectivity index is 1.75. The second kappa shape index (κ2) is 7.10. The van der Waals surface area contributed by atoms with E-state index in [2.05, 4.69) is 10.6 Å². The highest BCUT2D eigenvalue weighted by molar-refractivity contribution is 6.35. The molecule has 1 aliphatic rings. The van der Waals surface area contributed by atoms with Crippen molar-refractivity contribution in [2.45, 2.75) is 39.2 Å². The third-order valence-corrected chi connectivity index (χ3v) is 4.26. The van der Waals surface area contributed by atoms with E-state index in [0.29, 0.717) is 29.4 Å². The second-order valence-corrected chi connectivity index (χ2v) is 7.81. The Hall–Kier alpha value is -1.26. The van der Waals surface area contributed by atoms with Crippen molar-refractivity contribution in [2.24, 2.45) is 11.8 Å². The number of hydrogen-bond acceptors (Lipinski definition) is 2. The molecule has 2 rings (SSSR count). The van der Waals surface area contributed by atoms with Crippen LogP contribution in [0.2, 0.25) is 10.0 Å². The van der Waals surface area contributed by atoms with Crippen LogP contribution in [0.1, 0.15) is 32.8 Å². The first kappa shape index (κ1) is 18.1. The van der Waals surface area contributed by atoms with Crippen LogP contribution in [0, 0.1) is 11.8 Å². The minimum atomic E-state index is -0.272. The Morgan fingerprint density at radius 3 is 2.43 bits per heavy atom. The van der Waals surface area contributed by atoms with Gasteiger partial charge in [-0.15, -0.1) is 0 Å². The van der Waals surface area contributed by atoms with Gasteiger partial charge in [-0.1, -0.05) is 29.3 Å². The first-order valence-corrected chi connectivity index (χ1v) is 8.46. The molecule has 0 aliphatic heterocycles. The Bertz CT molecular complexity index is 611. The molecule has 1 saturated carbocycles. The van der Waals surface area contributed by atoms with Gasteiger partial charge in [-0.05, 0) is 51.3 Å².